The molecular weight excluding hydrogens is 537 g/mol. The lowest BCUT2D eigenvalue weighted by Gasteiger charge is -2.27. The fourth-order valence-electron chi connectivity index (χ4n) is 4.68. The lowest BCUT2D eigenvalue weighted by atomic mass is 9.81. The molecule has 2 aromatic heterocycles. The molecule has 0 bridgehead atoms. The third-order valence-corrected chi connectivity index (χ3v) is 9.98. The molecule has 0 radical (unpaired) electrons. The Morgan fingerprint density at radius 1 is 1.08 bits per heavy atom. The quantitative estimate of drug-likeness (QED) is 0.193. The van der Waals surface area contributed by atoms with Crippen LogP contribution in [-0.2, 0) is 5.60 Å². The normalized spacial score (nSPS) is 15.1. The van der Waals surface area contributed by atoms with E-state index in [1.165, 1.54) is 41.1 Å². The van der Waals surface area contributed by atoms with Crippen molar-refractivity contribution in [2.75, 3.05) is 11.5 Å². The van der Waals surface area contributed by atoms with Crippen molar-refractivity contribution in [1.82, 2.24) is 4.98 Å². The molecular formula is C31H31Cl2NOS2. The van der Waals surface area contributed by atoms with Gasteiger partial charge in [0.1, 0.15) is 9.85 Å². The van der Waals surface area contributed by atoms with Gasteiger partial charge in [-0.15, -0.1) is 11.3 Å². The molecule has 0 aliphatic heterocycles. The second kappa shape index (κ2) is 11.5. The average molecular weight is 569 g/mol. The van der Waals surface area contributed by atoms with Crippen molar-refractivity contribution in [3.8, 4) is 0 Å². The maximum Gasteiger partial charge on any atom is 0.114 e. The lowest BCUT2D eigenvalue weighted by molar-refractivity contribution is 0.0773. The third-order valence-electron chi connectivity index (χ3n) is 6.82. The molecule has 192 valence electrons. The second-order valence-electron chi connectivity index (χ2n) is 10.3. The molecule has 1 fully saturated rings. The number of pyridine rings is 1. The monoisotopic (exact) mass is 567 g/mol. The first-order valence-corrected chi connectivity index (χ1v) is 15.4. The van der Waals surface area contributed by atoms with Crippen LogP contribution in [0, 0.1) is 5.92 Å². The van der Waals surface area contributed by atoms with Gasteiger partial charge in [-0.25, -0.2) is 4.98 Å². The van der Waals surface area contributed by atoms with Gasteiger partial charge in [-0.05, 0) is 91.0 Å². The van der Waals surface area contributed by atoms with Gasteiger partial charge >= 0.3 is 0 Å². The van der Waals surface area contributed by atoms with E-state index in [0.29, 0.717) is 9.36 Å². The van der Waals surface area contributed by atoms with Crippen LogP contribution in [0.1, 0.15) is 67.0 Å². The minimum absolute atomic E-state index is 0.212. The topological polar surface area (TPSA) is 33.1 Å². The van der Waals surface area contributed by atoms with E-state index in [0.717, 1.165) is 45.1 Å². The standard InChI is InChI=1S/C31H31Cl2NOS2/c1-31(2,35)26-9-4-3-8-25(26)24(16-17-36-19-21-10-11-21)22-7-5-6-20(18-22)12-13-23-14-15-27-29(34-23)28(32)30(33)37-27/h3-9,12-15,18,21,24,35H,10-11,16-17,19H2,1-2H3/b13-12+. The Kier molecular flexibility index (Phi) is 8.33. The fraction of sp³-hybridized carbons (Fsp3) is 0.323. The first-order valence-electron chi connectivity index (χ1n) is 12.7. The number of aromatic nitrogens is 1. The molecule has 1 N–H and O–H groups in total. The summed E-state index contributed by atoms with van der Waals surface area (Å²) >= 11 is 16.0. The highest BCUT2D eigenvalue weighted by atomic mass is 35.5. The van der Waals surface area contributed by atoms with E-state index in [4.69, 9.17) is 28.2 Å². The second-order valence-corrected chi connectivity index (χ2v) is 13.5. The van der Waals surface area contributed by atoms with Crippen LogP contribution in [0.5, 0.6) is 0 Å². The van der Waals surface area contributed by atoms with Gasteiger partial charge < -0.3 is 5.11 Å². The molecule has 6 heteroatoms. The minimum atomic E-state index is -0.899. The molecule has 1 saturated carbocycles. The number of hydrogen-bond acceptors (Lipinski definition) is 4. The molecule has 0 saturated heterocycles. The molecule has 2 nitrogen and oxygen atoms in total. The summed E-state index contributed by atoms with van der Waals surface area (Å²) in [5.41, 5.74) is 5.28. The Labute approximate surface area is 237 Å². The summed E-state index contributed by atoms with van der Waals surface area (Å²) in [6.07, 6.45) is 7.93. The zero-order valence-corrected chi connectivity index (χ0v) is 24.2. The Morgan fingerprint density at radius 3 is 2.68 bits per heavy atom. The summed E-state index contributed by atoms with van der Waals surface area (Å²) in [6, 6.07) is 21.1. The number of aliphatic hydroxyl groups is 1. The number of thiophene rings is 1. The van der Waals surface area contributed by atoms with Gasteiger partial charge in [-0.1, -0.05) is 77.8 Å². The van der Waals surface area contributed by atoms with Crippen molar-refractivity contribution in [2.45, 2.75) is 44.6 Å². The van der Waals surface area contributed by atoms with Crippen LogP contribution >= 0.6 is 46.3 Å². The van der Waals surface area contributed by atoms with Gasteiger partial charge in [0.25, 0.3) is 0 Å². The molecule has 4 aromatic rings. The number of fused-ring (bicyclic) bond motifs is 1. The van der Waals surface area contributed by atoms with Crippen LogP contribution in [-0.4, -0.2) is 21.6 Å². The summed E-state index contributed by atoms with van der Waals surface area (Å²) < 4.78 is 1.56. The van der Waals surface area contributed by atoms with Gasteiger partial charge in [-0.2, -0.15) is 11.8 Å². The maximum absolute atomic E-state index is 10.9. The van der Waals surface area contributed by atoms with E-state index < -0.39 is 5.60 Å². The highest BCUT2D eigenvalue weighted by Crippen LogP contribution is 2.39. The summed E-state index contributed by atoms with van der Waals surface area (Å²) in [5, 5.41) is 11.5. The first kappa shape index (κ1) is 26.8. The molecule has 1 aliphatic rings. The van der Waals surface area contributed by atoms with Crippen LogP contribution < -0.4 is 0 Å². The molecule has 2 heterocycles. The number of rotatable bonds is 10. The number of nitrogens with zero attached hydrogens (tertiary/aromatic N) is 1. The number of thioether (sulfide) groups is 1. The zero-order chi connectivity index (χ0) is 26.0. The Balaban J connectivity index is 1.43. The minimum Gasteiger partial charge on any atom is -0.386 e. The number of hydrogen-bond donors (Lipinski definition) is 1. The van der Waals surface area contributed by atoms with E-state index in [1.807, 2.05) is 38.1 Å². The summed E-state index contributed by atoms with van der Waals surface area (Å²) in [6.45, 7) is 3.75. The highest BCUT2D eigenvalue weighted by Gasteiger charge is 2.26. The van der Waals surface area contributed by atoms with Crippen LogP contribution in [0.15, 0.2) is 60.7 Å². The molecule has 2 aromatic carbocycles. The van der Waals surface area contributed by atoms with Crippen molar-refractivity contribution in [1.29, 1.82) is 0 Å². The van der Waals surface area contributed by atoms with Crippen molar-refractivity contribution in [3.05, 3.63) is 98.0 Å². The zero-order valence-electron chi connectivity index (χ0n) is 21.1. The number of halogens is 2. The average Bonchev–Trinajstić information content (AvgIpc) is 3.67. The van der Waals surface area contributed by atoms with Crippen LogP contribution in [0.4, 0.5) is 0 Å². The van der Waals surface area contributed by atoms with E-state index in [9.17, 15) is 5.11 Å². The molecule has 1 aliphatic carbocycles. The third kappa shape index (κ3) is 6.61. The molecule has 1 unspecified atom stereocenters. The summed E-state index contributed by atoms with van der Waals surface area (Å²) in [5.74, 6) is 3.51. The Bertz CT molecular complexity index is 1420. The smallest absolute Gasteiger partial charge is 0.114 e. The number of benzene rings is 2. The fourth-order valence-corrected chi connectivity index (χ4v) is 7.34. The van der Waals surface area contributed by atoms with E-state index in [1.54, 1.807) is 0 Å². The van der Waals surface area contributed by atoms with Gasteiger partial charge in [0.05, 0.1) is 21.0 Å². The van der Waals surface area contributed by atoms with Crippen LogP contribution in [0.3, 0.4) is 0 Å². The lowest BCUT2D eigenvalue weighted by Crippen LogP contribution is -2.20. The highest BCUT2D eigenvalue weighted by molar-refractivity contribution is 7.99. The molecule has 5 rings (SSSR count). The van der Waals surface area contributed by atoms with E-state index in [2.05, 4.69) is 60.3 Å². The molecule has 0 amide bonds. The SMILES string of the molecule is CC(C)(O)c1ccccc1C(CCSCC1CC1)c1cccc(/C=C/c2ccc3sc(Cl)c(Cl)c3n2)c1. The summed E-state index contributed by atoms with van der Waals surface area (Å²) in [4.78, 5) is 4.70. The first-order chi connectivity index (χ1) is 17.8. The van der Waals surface area contributed by atoms with E-state index in [-0.39, 0.29) is 5.92 Å². The van der Waals surface area contributed by atoms with Crippen LogP contribution in [0.2, 0.25) is 9.36 Å². The van der Waals surface area contributed by atoms with Crippen molar-refractivity contribution < 1.29 is 5.11 Å². The van der Waals surface area contributed by atoms with Crippen molar-refractivity contribution in [3.63, 3.8) is 0 Å². The molecule has 1 atom stereocenters. The van der Waals surface area contributed by atoms with Crippen molar-refractivity contribution >= 4 is 68.7 Å². The molecule has 37 heavy (non-hydrogen) atoms. The Hall–Kier alpha value is -1.82. The van der Waals surface area contributed by atoms with Gasteiger partial charge in [0, 0.05) is 5.92 Å². The van der Waals surface area contributed by atoms with E-state index >= 15 is 0 Å². The predicted octanol–water partition coefficient (Wildman–Crippen LogP) is 9.67. The summed E-state index contributed by atoms with van der Waals surface area (Å²) in [7, 11) is 0. The molecule has 0 spiro atoms. The Morgan fingerprint density at radius 2 is 1.89 bits per heavy atom. The maximum atomic E-state index is 10.9. The van der Waals surface area contributed by atoms with Crippen LogP contribution in [0.25, 0.3) is 22.4 Å². The van der Waals surface area contributed by atoms with Gasteiger partial charge in [0.15, 0.2) is 0 Å². The largest absolute Gasteiger partial charge is 0.386 e. The predicted molar refractivity (Wildman–Crippen MR) is 163 cm³/mol. The van der Waals surface area contributed by atoms with Gasteiger partial charge in [-0.3, -0.25) is 0 Å². The van der Waals surface area contributed by atoms with Gasteiger partial charge in [0.2, 0.25) is 0 Å². The van der Waals surface area contributed by atoms with Crippen molar-refractivity contribution in [2.24, 2.45) is 5.92 Å².